The number of aromatic amines is 2. The van der Waals surface area contributed by atoms with E-state index in [1.54, 1.807) is 42.6 Å². The summed E-state index contributed by atoms with van der Waals surface area (Å²) >= 11 is 0. The molecule has 0 amide bonds. The lowest BCUT2D eigenvalue weighted by Crippen LogP contribution is -2.48. The molecular formula is C28H29N3O11. The van der Waals surface area contributed by atoms with Crippen molar-refractivity contribution in [1.82, 2.24) is 9.97 Å². The van der Waals surface area contributed by atoms with Gasteiger partial charge in [0.1, 0.15) is 6.04 Å². The van der Waals surface area contributed by atoms with Gasteiger partial charge >= 0.3 is 23.9 Å². The number of aromatic nitrogens is 2. The Morgan fingerprint density at radius 1 is 0.714 bits per heavy atom. The van der Waals surface area contributed by atoms with Crippen molar-refractivity contribution in [2.45, 2.75) is 42.9 Å². The van der Waals surface area contributed by atoms with E-state index in [9.17, 15) is 39.3 Å². The summed E-state index contributed by atoms with van der Waals surface area (Å²) < 4.78 is 0. The van der Waals surface area contributed by atoms with Gasteiger partial charge in [-0.3, -0.25) is 9.59 Å². The van der Waals surface area contributed by atoms with Gasteiger partial charge in [-0.05, 0) is 23.3 Å². The van der Waals surface area contributed by atoms with Crippen LogP contribution in [0.15, 0.2) is 60.9 Å². The Morgan fingerprint density at radius 3 is 1.55 bits per heavy atom. The first-order valence-electron chi connectivity index (χ1n) is 12.4. The number of carbonyl (C=O) groups is 5. The summed E-state index contributed by atoms with van der Waals surface area (Å²) in [6.07, 6.45) is 0.974. The highest BCUT2D eigenvalue weighted by molar-refractivity contribution is 6.33. The summed E-state index contributed by atoms with van der Waals surface area (Å²) in [5.74, 6) is -7.60. The molecule has 14 nitrogen and oxygen atoms in total. The van der Waals surface area contributed by atoms with Crippen molar-refractivity contribution in [2.75, 3.05) is 0 Å². The summed E-state index contributed by atoms with van der Waals surface area (Å²) in [6, 6.07) is 12.8. The number of rotatable bonds is 12. The molecule has 42 heavy (non-hydrogen) atoms. The lowest BCUT2D eigenvalue weighted by molar-refractivity contribution is -0.163. The molecule has 0 aliphatic carbocycles. The first-order valence-corrected chi connectivity index (χ1v) is 12.4. The molecule has 10 N–H and O–H groups in total. The van der Waals surface area contributed by atoms with Gasteiger partial charge in [0.15, 0.2) is 11.2 Å². The first kappa shape index (κ1) is 31.5. The molecule has 0 aliphatic rings. The quantitative estimate of drug-likeness (QED) is 0.105. The average molecular weight is 584 g/mol. The Morgan fingerprint density at radius 2 is 1.14 bits per heavy atom. The summed E-state index contributed by atoms with van der Waals surface area (Å²) in [7, 11) is 0. The molecule has 4 rings (SSSR count). The highest BCUT2D eigenvalue weighted by Crippen LogP contribution is 2.26. The van der Waals surface area contributed by atoms with E-state index in [1.807, 2.05) is 12.1 Å². The third-order valence-corrected chi connectivity index (χ3v) is 6.68. The number of ketones is 1. The van der Waals surface area contributed by atoms with Crippen molar-refractivity contribution < 1.29 is 54.6 Å². The van der Waals surface area contributed by atoms with E-state index in [0.29, 0.717) is 16.5 Å². The molecule has 0 bridgehead atoms. The number of hydrogen-bond donors (Lipinski definition) is 9. The zero-order chi connectivity index (χ0) is 31.2. The monoisotopic (exact) mass is 583 g/mol. The topological polar surface area (TPSA) is 264 Å². The van der Waals surface area contributed by atoms with Gasteiger partial charge < -0.3 is 46.3 Å². The number of aliphatic carboxylic acids is 4. The number of aliphatic hydroxyl groups is 2. The third-order valence-electron chi connectivity index (χ3n) is 6.68. The molecule has 0 saturated carbocycles. The van der Waals surface area contributed by atoms with Crippen LogP contribution in [0.25, 0.3) is 21.8 Å². The van der Waals surface area contributed by atoms with Crippen molar-refractivity contribution in [1.29, 1.82) is 0 Å². The second-order valence-corrected chi connectivity index (χ2v) is 9.80. The number of nitrogens with two attached hydrogens (primary N) is 1. The van der Waals surface area contributed by atoms with Crippen LogP contribution in [0.2, 0.25) is 0 Å². The van der Waals surface area contributed by atoms with E-state index in [0.717, 1.165) is 16.4 Å². The molecule has 0 radical (unpaired) electrons. The third kappa shape index (κ3) is 7.17. The van der Waals surface area contributed by atoms with E-state index in [2.05, 4.69) is 9.97 Å². The van der Waals surface area contributed by atoms with Crippen LogP contribution >= 0.6 is 0 Å². The Kier molecular flexibility index (Phi) is 9.47. The molecule has 2 aromatic carbocycles. The second kappa shape index (κ2) is 12.6. The van der Waals surface area contributed by atoms with E-state index < -0.39 is 59.7 Å². The average Bonchev–Trinajstić information content (AvgIpc) is 3.52. The van der Waals surface area contributed by atoms with E-state index >= 15 is 0 Å². The lowest BCUT2D eigenvalue weighted by Gasteiger charge is -2.24. The zero-order valence-corrected chi connectivity index (χ0v) is 22.0. The highest BCUT2D eigenvalue weighted by Gasteiger charge is 2.41. The van der Waals surface area contributed by atoms with E-state index in [4.69, 9.17) is 21.1 Å². The Balaban J connectivity index is 0.000000230. The maximum absolute atomic E-state index is 11.3. The molecule has 222 valence electrons. The highest BCUT2D eigenvalue weighted by atomic mass is 16.4. The number of benzene rings is 2. The largest absolute Gasteiger partial charge is 0.480 e. The molecular weight excluding hydrogens is 554 g/mol. The molecule has 2 aromatic heterocycles. The maximum atomic E-state index is 11.3. The van der Waals surface area contributed by atoms with Crippen LogP contribution in [0.5, 0.6) is 0 Å². The molecule has 3 atom stereocenters. The minimum Gasteiger partial charge on any atom is -0.480 e. The van der Waals surface area contributed by atoms with Crippen LogP contribution in [0.4, 0.5) is 0 Å². The lowest BCUT2D eigenvalue weighted by atomic mass is 9.88. The Hall–Kier alpha value is -5.05. The normalized spacial score (nSPS) is 14.6. The number of carboxylic acids is 4. The summed E-state index contributed by atoms with van der Waals surface area (Å²) in [4.78, 5) is 61.0. The second-order valence-electron chi connectivity index (χ2n) is 9.80. The van der Waals surface area contributed by atoms with Crippen molar-refractivity contribution >= 4 is 51.5 Å². The van der Waals surface area contributed by atoms with Crippen LogP contribution < -0.4 is 5.73 Å². The minimum atomic E-state index is -2.46. The summed E-state index contributed by atoms with van der Waals surface area (Å²) in [5.41, 5.74) is 3.31. The standard InChI is InChI=1S/C14H16N2O5.C14H13NO6/c15-10(12(17)18)6-14(21,13(19)20)5-8-7-16-11-4-2-1-3-9(8)11;16-11(12(17)18)6-14(21,13(19)20)5-8-7-15-10-4-2-1-3-9(8)10/h1-4,7,10,16,21H,5-6,15H2,(H,17,18)(H,19,20);1-4,7,15,21H,5-6H2,(H,17,18)(H,19,20)/t10-,14+;14-/m01/s1. The van der Waals surface area contributed by atoms with Gasteiger partial charge in [0.05, 0.1) is 6.42 Å². The van der Waals surface area contributed by atoms with Crippen LogP contribution in [0, 0.1) is 0 Å². The van der Waals surface area contributed by atoms with Gasteiger partial charge in [-0.25, -0.2) is 14.4 Å². The van der Waals surface area contributed by atoms with Crippen LogP contribution in [-0.2, 0) is 36.8 Å². The van der Waals surface area contributed by atoms with Crippen LogP contribution in [-0.4, -0.2) is 87.5 Å². The number of para-hydroxylation sites is 2. The SMILES string of the molecule is N[C@@H](C[C@](O)(Cc1c[nH]c2ccccc12)C(=O)O)C(=O)O.O=C(O)C(=O)C[C@](O)(Cc1c[nH]c2ccccc12)C(=O)O. The van der Waals surface area contributed by atoms with Crippen molar-refractivity contribution in [2.24, 2.45) is 5.73 Å². The number of hydrogen-bond acceptors (Lipinski definition) is 8. The molecule has 14 heteroatoms. The first-order chi connectivity index (χ1) is 19.7. The smallest absolute Gasteiger partial charge is 0.372 e. The predicted molar refractivity (Wildman–Crippen MR) is 147 cm³/mol. The molecule has 2 heterocycles. The maximum Gasteiger partial charge on any atom is 0.372 e. The van der Waals surface area contributed by atoms with Crippen molar-refractivity contribution in [3.63, 3.8) is 0 Å². The number of H-pyrrole nitrogens is 2. The van der Waals surface area contributed by atoms with Gasteiger partial charge in [0.25, 0.3) is 0 Å². The van der Waals surface area contributed by atoms with Gasteiger partial charge in [-0.15, -0.1) is 0 Å². The zero-order valence-electron chi connectivity index (χ0n) is 22.0. The number of carbonyl (C=O) groups excluding carboxylic acids is 1. The van der Waals surface area contributed by atoms with Crippen molar-refractivity contribution in [3.05, 3.63) is 72.1 Å². The molecule has 0 aliphatic heterocycles. The Bertz CT molecular complexity index is 1640. The molecule has 0 unspecified atom stereocenters. The van der Waals surface area contributed by atoms with E-state index in [1.165, 1.54) is 6.20 Å². The van der Waals surface area contributed by atoms with Gasteiger partial charge in [-0.2, -0.15) is 0 Å². The van der Waals surface area contributed by atoms with Crippen molar-refractivity contribution in [3.8, 4) is 0 Å². The van der Waals surface area contributed by atoms with Gasteiger partial charge in [-0.1, -0.05) is 36.4 Å². The molecule has 0 fully saturated rings. The molecule has 4 aromatic rings. The Labute approximate surface area is 237 Å². The molecule has 0 saturated heterocycles. The van der Waals surface area contributed by atoms with Crippen LogP contribution in [0.1, 0.15) is 24.0 Å². The number of nitrogens with one attached hydrogen (secondary N) is 2. The number of Topliss-reactive ketones (excluding diaryl/α,β-unsaturated/α-hetero) is 1. The number of carboxylic acid groups (broad SMARTS) is 4. The fourth-order valence-electron chi connectivity index (χ4n) is 4.43. The van der Waals surface area contributed by atoms with E-state index in [-0.39, 0.29) is 12.8 Å². The molecule has 0 spiro atoms. The van der Waals surface area contributed by atoms with Gasteiger partial charge in [0.2, 0.25) is 5.78 Å². The minimum absolute atomic E-state index is 0.229. The summed E-state index contributed by atoms with van der Waals surface area (Å²) in [5, 5.41) is 57.6. The fourth-order valence-corrected chi connectivity index (χ4v) is 4.43. The van der Waals surface area contributed by atoms with Crippen LogP contribution in [0.3, 0.4) is 0 Å². The fraction of sp³-hybridized carbons (Fsp3) is 0.250. The number of fused-ring (bicyclic) bond motifs is 2. The summed E-state index contributed by atoms with van der Waals surface area (Å²) in [6.45, 7) is 0. The predicted octanol–water partition coefficient (Wildman–Crippen LogP) is 0.898. The van der Waals surface area contributed by atoms with Gasteiger partial charge in [0, 0.05) is 53.5 Å².